The molecule has 7 nitrogen and oxygen atoms in total. The van der Waals surface area contributed by atoms with Crippen LogP contribution >= 0.6 is 34.8 Å². The number of halogens is 3. The highest BCUT2D eigenvalue weighted by Gasteiger charge is 2.40. The lowest BCUT2D eigenvalue weighted by Gasteiger charge is -2.36. The molecular weight excluding hydrogens is 641 g/mol. The van der Waals surface area contributed by atoms with Gasteiger partial charge in [0, 0.05) is 49.9 Å². The largest absolute Gasteiger partial charge is 0.485 e. The molecule has 2 saturated heterocycles. The van der Waals surface area contributed by atoms with Gasteiger partial charge in [-0.2, -0.15) is 0 Å². The zero-order chi connectivity index (χ0) is 32.2. The van der Waals surface area contributed by atoms with Gasteiger partial charge in [-0.1, -0.05) is 59.9 Å². The van der Waals surface area contributed by atoms with Gasteiger partial charge in [0.2, 0.25) is 5.91 Å². The Hall–Kier alpha value is -2.55. The van der Waals surface area contributed by atoms with Gasteiger partial charge < -0.3 is 25.2 Å². The topological polar surface area (TPSA) is 69.7 Å². The van der Waals surface area contributed by atoms with Gasteiger partial charge in [-0.05, 0) is 98.1 Å². The van der Waals surface area contributed by atoms with Crippen molar-refractivity contribution in [1.29, 1.82) is 0 Å². The number of rotatable bonds is 12. The minimum atomic E-state index is -0.149. The van der Waals surface area contributed by atoms with E-state index in [0.29, 0.717) is 35.4 Å². The maximum atomic E-state index is 14.3. The normalized spacial score (nSPS) is 21.4. The molecule has 2 N–H and O–H groups in total. The van der Waals surface area contributed by atoms with Gasteiger partial charge in [0.25, 0.3) is 0 Å². The summed E-state index contributed by atoms with van der Waals surface area (Å²) in [7, 11) is 0. The van der Waals surface area contributed by atoms with Crippen molar-refractivity contribution < 1.29 is 9.53 Å². The molecule has 3 aromatic rings. The number of anilines is 1. The van der Waals surface area contributed by atoms with Crippen molar-refractivity contribution in [3.05, 3.63) is 86.0 Å². The summed E-state index contributed by atoms with van der Waals surface area (Å²) in [6.07, 6.45) is 6.88. The van der Waals surface area contributed by atoms with E-state index >= 15 is 0 Å². The zero-order valence-corrected chi connectivity index (χ0v) is 29.0. The molecule has 1 saturated carbocycles. The zero-order valence-electron chi connectivity index (χ0n) is 26.7. The molecule has 2 aliphatic heterocycles. The SMILES string of the molecule is CCCNCc1ccc(Cl)c(CN(C(=O)[C@H]2CNCC[C@@H]2c2ccc(N3CC[C@H](Oc4c(Cl)cc(C)cc4Cl)C3)nc2)C2CC2)c1. The Morgan fingerprint density at radius 3 is 2.59 bits per heavy atom. The maximum Gasteiger partial charge on any atom is 0.228 e. The Morgan fingerprint density at radius 1 is 1.07 bits per heavy atom. The van der Waals surface area contributed by atoms with Crippen molar-refractivity contribution in [2.45, 2.75) is 77.1 Å². The van der Waals surface area contributed by atoms with E-state index in [-0.39, 0.29) is 29.9 Å². The highest BCUT2D eigenvalue weighted by atomic mass is 35.5. The average Bonchev–Trinajstić information content (AvgIpc) is 3.79. The fourth-order valence-corrected chi connectivity index (χ4v) is 7.62. The molecule has 246 valence electrons. The van der Waals surface area contributed by atoms with Gasteiger partial charge in [0.05, 0.1) is 22.5 Å². The molecule has 1 aliphatic carbocycles. The third kappa shape index (κ3) is 7.94. The van der Waals surface area contributed by atoms with Crippen molar-refractivity contribution in [2.75, 3.05) is 37.6 Å². The Balaban J connectivity index is 1.12. The van der Waals surface area contributed by atoms with E-state index in [9.17, 15) is 4.79 Å². The van der Waals surface area contributed by atoms with E-state index in [2.05, 4.69) is 51.6 Å². The lowest BCUT2D eigenvalue weighted by Crippen LogP contribution is -2.47. The van der Waals surface area contributed by atoms with Crippen molar-refractivity contribution >= 4 is 46.5 Å². The number of ether oxygens (including phenoxy) is 1. The lowest BCUT2D eigenvalue weighted by molar-refractivity contribution is -0.138. The first-order valence-electron chi connectivity index (χ1n) is 16.6. The van der Waals surface area contributed by atoms with Crippen LogP contribution in [0.3, 0.4) is 0 Å². The molecule has 0 bridgehead atoms. The molecule has 3 heterocycles. The quantitative estimate of drug-likeness (QED) is 0.194. The predicted octanol–water partition coefficient (Wildman–Crippen LogP) is 7.39. The van der Waals surface area contributed by atoms with Crippen LogP contribution in [-0.2, 0) is 17.9 Å². The number of nitrogens with one attached hydrogen (secondary N) is 2. The first-order valence-corrected chi connectivity index (χ1v) is 17.8. The van der Waals surface area contributed by atoms with Crippen molar-refractivity contribution in [1.82, 2.24) is 20.5 Å². The molecule has 46 heavy (non-hydrogen) atoms. The summed E-state index contributed by atoms with van der Waals surface area (Å²) in [5.74, 6) is 1.63. The fourth-order valence-electron chi connectivity index (χ4n) is 6.76. The Bertz CT molecular complexity index is 1490. The number of carbonyl (C=O) groups excluding carboxylic acids is 1. The van der Waals surface area contributed by atoms with Gasteiger partial charge in [0.15, 0.2) is 5.75 Å². The molecule has 6 rings (SSSR count). The molecule has 0 radical (unpaired) electrons. The Kier molecular flexibility index (Phi) is 11.0. The van der Waals surface area contributed by atoms with Crippen molar-refractivity contribution in [3.63, 3.8) is 0 Å². The van der Waals surface area contributed by atoms with Gasteiger partial charge >= 0.3 is 0 Å². The number of aromatic nitrogens is 1. The molecule has 0 unspecified atom stereocenters. The minimum absolute atomic E-state index is 0.0270. The molecule has 1 aromatic heterocycles. The number of amides is 1. The van der Waals surface area contributed by atoms with Crippen LogP contribution in [0.2, 0.25) is 15.1 Å². The van der Waals surface area contributed by atoms with Gasteiger partial charge in [-0.25, -0.2) is 4.98 Å². The van der Waals surface area contributed by atoms with Crippen LogP contribution in [-0.4, -0.2) is 60.7 Å². The Morgan fingerprint density at radius 2 is 1.87 bits per heavy atom. The predicted molar refractivity (Wildman–Crippen MR) is 187 cm³/mol. The summed E-state index contributed by atoms with van der Waals surface area (Å²) in [6.45, 7) is 9.53. The average molecular weight is 685 g/mol. The van der Waals surface area contributed by atoms with Gasteiger partial charge in [-0.3, -0.25) is 4.79 Å². The van der Waals surface area contributed by atoms with E-state index in [0.717, 1.165) is 85.8 Å². The van der Waals surface area contributed by atoms with Crippen LogP contribution in [0.5, 0.6) is 5.75 Å². The molecule has 0 spiro atoms. The van der Waals surface area contributed by atoms with Crippen LogP contribution in [0.4, 0.5) is 5.82 Å². The minimum Gasteiger partial charge on any atom is -0.485 e. The third-order valence-corrected chi connectivity index (χ3v) is 10.3. The van der Waals surface area contributed by atoms with E-state index in [4.69, 9.17) is 44.5 Å². The summed E-state index contributed by atoms with van der Waals surface area (Å²) in [5, 5.41) is 8.75. The second kappa shape index (κ2) is 15.1. The number of aryl methyl sites for hydroxylation is 1. The second-order valence-corrected chi connectivity index (χ2v) is 14.2. The highest BCUT2D eigenvalue weighted by Crippen LogP contribution is 2.38. The van der Waals surface area contributed by atoms with Gasteiger partial charge in [-0.15, -0.1) is 0 Å². The van der Waals surface area contributed by atoms with Crippen molar-refractivity contribution in [3.8, 4) is 5.75 Å². The molecule has 3 fully saturated rings. The monoisotopic (exact) mass is 683 g/mol. The number of hydrogen-bond acceptors (Lipinski definition) is 6. The van der Waals surface area contributed by atoms with Crippen molar-refractivity contribution in [2.24, 2.45) is 5.92 Å². The summed E-state index contributed by atoms with van der Waals surface area (Å²) < 4.78 is 6.23. The van der Waals surface area contributed by atoms with Crippen LogP contribution in [0.15, 0.2) is 48.7 Å². The van der Waals surface area contributed by atoms with E-state index in [1.54, 1.807) is 0 Å². The number of nitrogens with zero attached hydrogens (tertiary/aromatic N) is 3. The maximum absolute atomic E-state index is 14.3. The second-order valence-electron chi connectivity index (χ2n) is 13.0. The summed E-state index contributed by atoms with van der Waals surface area (Å²) in [4.78, 5) is 23.5. The molecule has 3 atom stereocenters. The number of pyridine rings is 1. The smallest absolute Gasteiger partial charge is 0.228 e. The molecule has 2 aromatic carbocycles. The molecule has 10 heteroatoms. The van der Waals surface area contributed by atoms with Gasteiger partial charge in [0.1, 0.15) is 11.9 Å². The highest BCUT2D eigenvalue weighted by molar-refractivity contribution is 6.37. The van der Waals surface area contributed by atoms with Crippen LogP contribution in [0, 0.1) is 12.8 Å². The first-order chi connectivity index (χ1) is 22.3. The van der Waals surface area contributed by atoms with E-state index in [1.165, 1.54) is 5.56 Å². The van der Waals surface area contributed by atoms with E-state index in [1.807, 2.05) is 31.3 Å². The Labute approximate surface area is 287 Å². The van der Waals surface area contributed by atoms with E-state index < -0.39 is 0 Å². The number of benzene rings is 2. The molecule has 1 amide bonds. The van der Waals surface area contributed by atoms with Crippen LogP contribution < -0.4 is 20.3 Å². The summed E-state index contributed by atoms with van der Waals surface area (Å²) >= 11 is 19.5. The first kappa shape index (κ1) is 33.4. The molecular formula is C36H44Cl3N5O2. The number of hydrogen-bond donors (Lipinski definition) is 2. The summed E-state index contributed by atoms with van der Waals surface area (Å²) in [6, 6.07) is 14.5. The third-order valence-electron chi connectivity index (χ3n) is 9.37. The summed E-state index contributed by atoms with van der Waals surface area (Å²) in [5.41, 5.74) is 4.33. The lowest BCUT2D eigenvalue weighted by atomic mass is 9.80. The van der Waals surface area contributed by atoms with Crippen LogP contribution in [0.1, 0.15) is 67.2 Å². The van der Waals surface area contributed by atoms with Crippen LogP contribution in [0.25, 0.3) is 0 Å². The number of carbonyl (C=O) groups is 1. The molecule has 3 aliphatic rings. The number of piperidine rings is 1. The fraction of sp³-hybridized carbons (Fsp3) is 0.500. The standard InChI is InChI=1S/C36H44Cl3N5O2/c1-3-12-40-18-24-4-8-31(37)26(17-24)21-44(27-6-7-27)36(45)30-20-41-13-10-29(30)25-5-9-34(42-19-25)43-14-11-28(22-43)46-35-32(38)15-23(2)16-33(35)39/h4-5,8-9,15-17,19,27-30,40-41H,3,6-7,10-14,18,20-22H2,1-2H3/t28-,29+,30-/m0/s1.